The van der Waals surface area contributed by atoms with Gasteiger partial charge in [-0.25, -0.2) is 0 Å². The molecule has 0 unspecified atom stereocenters. The molecular formula is C15H22ClNO2S. The molecule has 1 aliphatic rings. The highest BCUT2D eigenvalue weighted by Gasteiger charge is 2.15. The monoisotopic (exact) mass is 315 g/mol. The van der Waals surface area contributed by atoms with Crippen molar-refractivity contribution in [2.24, 2.45) is 0 Å². The van der Waals surface area contributed by atoms with Gasteiger partial charge >= 0.3 is 0 Å². The van der Waals surface area contributed by atoms with Crippen LogP contribution in [-0.2, 0) is 17.6 Å². The summed E-state index contributed by atoms with van der Waals surface area (Å²) in [7, 11) is 0. The molecule has 0 aromatic carbocycles. The number of alkyl halides is 1. The van der Waals surface area contributed by atoms with Crippen LogP contribution in [0.2, 0.25) is 0 Å². The molecule has 20 heavy (non-hydrogen) atoms. The lowest BCUT2D eigenvalue weighted by atomic mass is 10.1. The standard InChI is InChI=1S/C15H22ClNO2S/c16-7-10-19-9-4-8-17-15(18)14-11-12-5-2-1-3-6-13(12)20-14/h11H,1-10H2,(H,17,18). The maximum Gasteiger partial charge on any atom is 0.261 e. The van der Waals surface area contributed by atoms with Gasteiger partial charge in [0.15, 0.2) is 0 Å². The first-order valence-corrected chi connectivity index (χ1v) is 8.70. The van der Waals surface area contributed by atoms with Crippen molar-refractivity contribution in [3.63, 3.8) is 0 Å². The molecule has 0 fully saturated rings. The smallest absolute Gasteiger partial charge is 0.261 e. The number of thiophene rings is 1. The minimum Gasteiger partial charge on any atom is -0.380 e. The van der Waals surface area contributed by atoms with Gasteiger partial charge in [0.1, 0.15) is 0 Å². The van der Waals surface area contributed by atoms with Crippen LogP contribution in [0.15, 0.2) is 6.07 Å². The molecule has 1 heterocycles. The first-order chi connectivity index (χ1) is 9.81. The molecule has 1 aromatic rings. The van der Waals surface area contributed by atoms with Gasteiger partial charge in [0.2, 0.25) is 0 Å². The predicted octanol–water partition coefficient (Wildman–Crippen LogP) is 3.39. The van der Waals surface area contributed by atoms with Crippen molar-refractivity contribution >= 4 is 28.8 Å². The molecule has 0 spiro atoms. The van der Waals surface area contributed by atoms with Gasteiger partial charge in [0.25, 0.3) is 5.91 Å². The van der Waals surface area contributed by atoms with E-state index in [2.05, 4.69) is 11.4 Å². The van der Waals surface area contributed by atoms with E-state index in [1.54, 1.807) is 11.3 Å². The van der Waals surface area contributed by atoms with Crippen LogP contribution in [0, 0.1) is 0 Å². The van der Waals surface area contributed by atoms with Crippen molar-refractivity contribution in [3.8, 4) is 0 Å². The Kier molecular flexibility index (Phi) is 6.83. The maximum absolute atomic E-state index is 12.1. The van der Waals surface area contributed by atoms with Crippen molar-refractivity contribution in [3.05, 3.63) is 21.4 Å². The highest BCUT2D eigenvalue weighted by molar-refractivity contribution is 7.14. The fourth-order valence-electron chi connectivity index (χ4n) is 2.40. The van der Waals surface area contributed by atoms with Crippen molar-refractivity contribution in [1.29, 1.82) is 0 Å². The Bertz CT molecular complexity index is 410. The third-order valence-electron chi connectivity index (χ3n) is 3.44. The molecule has 1 aliphatic carbocycles. The lowest BCUT2D eigenvalue weighted by Crippen LogP contribution is -2.24. The zero-order chi connectivity index (χ0) is 14.2. The molecule has 0 atom stereocenters. The van der Waals surface area contributed by atoms with Crippen molar-refractivity contribution < 1.29 is 9.53 Å². The second kappa shape index (κ2) is 8.65. The van der Waals surface area contributed by atoms with E-state index in [0.717, 1.165) is 24.1 Å². The molecule has 0 radical (unpaired) electrons. The lowest BCUT2D eigenvalue weighted by Gasteiger charge is -2.04. The van der Waals surface area contributed by atoms with Crippen LogP contribution >= 0.6 is 22.9 Å². The van der Waals surface area contributed by atoms with Crippen LogP contribution in [-0.4, -0.2) is 31.5 Å². The topological polar surface area (TPSA) is 38.3 Å². The summed E-state index contributed by atoms with van der Waals surface area (Å²) in [5, 5.41) is 2.96. The summed E-state index contributed by atoms with van der Waals surface area (Å²) in [5.74, 6) is 0.577. The summed E-state index contributed by atoms with van der Waals surface area (Å²) in [6.45, 7) is 1.88. The fourth-order valence-corrected chi connectivity index (χ4v) is 3.68. The average molecular weight is 316 g/mol. The largest absolute Gasteiger partial charge is 0.380 e. The molecule has 0 bridgehead atoms. The Morgan fingerprint density at radius 2 is 2.15 bits per heavy atom. The lowest BCUT2D eigenvalue weighted by molar-refractivity contribution is 0.0948. The van der Waals surface area contributed by atoms with Gasteiger partial charge in [0.05, 0.1) is 11.5 Å². The number of carbonyl (C=O) groups excluding carboxylic acids is 1. The molecule has 0 aliphatic heterocycles. The van der Waals surface area contributed by atoms with Gasteiger partial charge in [-0.05, 0) is 43.7 Å². The van der Waals surface area contributed by atoms with E-state index < -0.39 is 0 Å². The van der Waals surface area contributed by atoms with E-state index in [0.29, 0.717) is 25.6 Å². The molecule has 0 saturated carbocycles. The highest BCUT2D eigenvalue weighted by atomic mass is 35.5. The molecule has 2 rings (SSSR count). The van der Waals surface area contributed by atoms with E-state index >= 15 is 0 Å². The van der Waals surface area contributed by atoms with Crippen LogP contribution in [0.4, 0.5) is 0 Å². The third-order valence-corrected chi connectivity index (χ3v) is 4.83. The van der Waals surface area contributed by atoms with E-state index in [9.17, 15) is 4.79 Å². The van der Waals surface area contributed by atoms with Gasteiger partial charge in [-0.2, -0.15) is 0 Å². The minimum atomic E-state index is 0.0559. The van der Waals surface area contributed by atoms with Gasteiger partial charge in [-0.3, -0.25) is 4.79 Å². The Hall–Kier alpha value is -0.580. The van der Waals surface area contributed by atoms with Gasteiger partial charge in [0, 0.05) is 23.9 Å². The van der Waals surface area contributed by atoms with Crippen LogP contribution in [0.5, 0.6) is 0 Å². The zero-order valence-corrected chi connectivity index (χ0v) is 13.3. The van der Waals surface area contributed by atoms with Crippen molar-refractivity contribution in [2.75, 3.05) is 25.6 Å². The third kappa shape index (κ3) is 4.76. The Labute approximate surface area is 129 Å². The summed E-state index contributed by atoms with van der Waals surface area (Å²) >= 11 is 7.18. The molecular weight excluding hydrogens is 294 g/mol. The number of rotatable bonds is 7. The summed E-state index contributed by atoms with van der Waals surface area (Å²) in [6.07, 6.45) is 6.92. The maximum atomic E-state index is 12.1. The Balaban J connectivity index is 1.75. The van der Waals surface area contributed by atoms with Gasteiger partial charge < -0.3 is 10.1 Å². The van der Waals surface area contributed by atoms with Crippen LogP contribution in [0.3, 0.4) is 0 Å². The molecule has 0 saturated heterocycles. The van der Waals surface area contributed by atoms with E-state index in [1.807, 2.05) is 0 Å². The fraction of sp³-hybridized carbons (Fsp3) is 0.667. The molecule has 1 aromatic heterocycles. The number of halogens is 1. The minimum absolute atomic E-state index is 0.0559. The molecule has 5 heteroatoms. The second-order valence-electron chi connectivity index (χ2n) is 5.03. The van der Waals surface area contributed by atoms with E-state index in [4.69, 9.17) is 16.3 Å². The Morgan fingerprint density at radius 3 is 3.00 bits per heavy atom. The molecule has 112 valence electrons. The number of carbonyl (C=O) groups is 1. The summed E-state index contributed by atoms with van der Waals surface area (Å²) in [5.41, 5.74) is 1.39. The van der Waals surface area contributed by atoms with Crippen molar-refractivity contribution in [1.82, 2.24) is 5.32 Å². The SMILES string of the molecule is O=C(NCCCOCCCl)c1cc2c(s1)CCCCC2. The second-order valence-corrected chi connectivity index (χ2v) is 6.55. The highest BCUT2D eigenvalue weighted by Crippen LogP contribution is 2.28. The quantitative estimate of drug-likeness (QED) is 0.476. The number of fused-ring (bicyclic) bond motifs is 1. The van der Waals surface area contributed by atoms with E-state index in [-0.39, 0.29) is 5.91 Å². The van der Waals surface area contributed by atoms with Gasteiger partial charge in [-0.1, -0.05) is 6.42 Å². The number of hydrogen-bond acceptors (Lipinski definition) is 3. The predicted molar refractivity (Wildman–Crippen MR) is 84.1 cm³/mol. The molecule has 1 amide bonds. The first kappa shape index (κ1) is 15.8. The average Bonchev–Trinajstić information content (AvgIpc) is 2.74. The number of hydrogen-bond donors (Lipinski definition) is 1. The Morgan fingerprint density at radius 1 is 1.30 bits per heavy atom. The van der Waals surface area contributed by atoms with Crippen LogP contribution < -0.4 is 5.32 Å². The van der Waals surface area contributed by atoms with E-state index in [1.165, 1.54) is 29.7 Å². The normalized spacial score (nSPS) is 14.7. The summed E-state index contributed by atoms with van der Waals surface area (Å²) in [6, 6.07) is 2.09. The number of nitrogens with one attached hydrogen (secondary N) is 1. The molecule has 1 N–H and O–H groups in total. The first-order valence-electron chi connectivity index (χ1n) is 7.34. The zero-order valence-electron chi connectivity index (χ0n) is 11.8. The van der Waals surface area contributed by atoms with Crippen LogP contribution in [0.1, 0.15) is 45.8 Å². The number of aryl methyl sites for hydroxylation is 2. The summed E-state index contributed by atoms with van der Waals surface area (Å²) < 4.78 is 5.27. The number of ether oxygens (including phenoxy) is 1. The summed E-state index contributed by atoms with van der Waals surface area (Å²) in [4.78, 5) is 14.3. The van der Waals surface area contributed by atoms with Crippen molar-refractivity contribution in [2.45, 2.75) is 38.5 Å². The van der Waals surface area contributed by atoms with Crippen LogP contribution in [0.25, 0.3) is 0 Å². The molecule has 3 nitrogen and oxygen atoms in total. The number of amides is 1. The van der Waals surface area contributed by atoms with Gasteiger partial charge in [-0.15, -0.1) is 22.9 Å².